The Labute approximate surface area is 163 Å². The van der Waals surface area contributed by atoms with E-state index in [1.54, 1.807) is 17.0 Å². The molecule has 3 aromatic rings. The third-order valence-corrected chi connectivity index (χ3v) is 4.65. The van der Waals surface area contributed by atoms with Crippen LogP contribution < -0.4 is 4.90 Å². The summed E-state index contributed by atoms with van der Waals surface area (Å²) >= 11 is 5.30. The van der Waals surface area contributed by atoms with E-state index in [0.29, 0.717) is 16.2 Å². The van der Waals surface area contributed by atoms with Crippen molar-refractivity contribution in [2.45, 2.75) is 20.8 Å². The summed E-state index contributed by atoms with van der Waals surface area (Å²) in [5, 5.41) is 21.9. The first-order valence-electron chi connectivity index (χ1n) is 8.90. The molecule has 0 saturated carbocycles. The van der Waals surface area contributed by atoms with Crippen LogP contribution in [0.25, 0.3) is 11.4 Å². The molecule has 140 valence electrons. The monoisotopic (exact) mass is 381 g/mol. The third kappa shape index (κ3) is 4.09. The first kappa shape index (κ1) is 18.8. The zero-order valence-electron chi connectivity index (χ0n) is 15.7. The highest BCUT2D eigenvalue weighted by atomic mass is 32.1. The highest BCUT2D eigenvalue weighted by molar-refractivity contribution is 7.71. The van der Waals surface area contributed by atoms with Gasteiger partial charge in [-0.2, -0.15) is 14.9 Å². The van der Waals surface area contributed by atoms with Crippen molar-refractivity contribution in [2.24, 2.45) is 5.10 Å². The number of aromatic amines is 1. The van der Waals surface area contributed by atoms with E-state index < -0.39 is 0 Å². The summed E-state index contributed by atoms with van der Waals surface area (Å²) in [7, 11) is 0. The highest BCUT2D eigenvalue weighted by Crippen LogP contribution is 2.24. The van der Waals surface area contributed by atoms with Crippen molar-refractivity contribution in [1.29, 1.82) is 0 Å². The number of nitrogens with one attached hydrogen (secondary N) is 1. The van der Waals surface area contributed by atoms with Gasteiger partial charge in [-0.3, -0.25) is 0 Å². The lowest BCUT2D eigenvalue weighted by Crippen LogP contribution is -2.21. The van der Waals surface area contributed by atoms with Gasteiger partial charge >= 0.3 is 0 Å². The van der Waals surface area contributed by atoms with Crippen LogP contribution in [0.15, 0.2) is 47.6 Å². The molecule has 0 aliphatic carbocycles. The van der Waals surface area contributed by atoms with E-state index in [1.807, 2.05) is 43.3 Å². The van der Waals surface area contributed by atoms with Gasteiger partial charge in [0.25, 0.3) is 0 Å². The average molecular weight is 382 g/mol. The van der Waals surface area contributed by atoms with Crippen LogP contribution in [-0.4, -0.2) is 39.3 Å². The molecule has 0 radical (unpaired) electrons. The van der Waals surface area contributed by atoms with Gasteiger partial charge in [-0.05, 0) is 51.2 Å². The summed E-state index contributed by atoms with van der Waals surface area (Å²) < 4.78 is 1.95. The van der Waals surface area contributed by atoms with Crippen molar-refractivity contribution >= 4 is 24.1 Å². The smallest absolute Gasteiger partial charge is 0.216 e. The van der Waals surface area contributed by atoms with Crippen molar-refractivity contribution in [1.82, 2.24) is 14.9 Å². The van der Waals surface area contributed by atoms with Crippen LogP contribution in [0.3, 0.4) is 0 Å². The molecule has 0 atom stereocenters. The summed E-state index contributed by atoms with van der Waals surface area (Å²) in [6, 6.07) is 13.5. The van der Waals surface area contributed by atoms with Gasteiger partial charge in [0.15, 0.2) is 5.82 Å². The Kier molecular flexibility index (Phi) is 5.71. The van der Waals surface area contributed by atoms with Gasteiger partial charge in [-0.1, -0.05) is 23.8 Å². The lowest BCUT2D eigenvalue weighted by molar-refractivity contribution is 0.474. The van der Waals surface area contributed by atoms with E-state index in [2.05, 4.69) is 34.0 Å². The molecule has 0 aliphatic heterocycles. The Morgan fingerprint density at radius 1 is 1.22 bits per heavy atom. The molecular weight excluding hydrogens is 358 g/mol. The maximum Gasteiger partial charge on any atom is 0.216 e. The molecular formula is C20H23N5OS. The van der Waals surface area contributed by atoms with Gasteiger partial charge in [0, 0.05) is 36.0 Å². The van der Waals surface area contributed by atoms with Crippen LogP contribution in [0.5, 0.6) is 5.75 Å². The van der Waals surface area contributed by atoms with Gasteiger partial charge in [0.1, 0.15) is 5.75 Å². The van der Waals surface area contributed by atoms with Gasteiger partial charge in [0.2, 0.25) is 4.77 Å². The fourth-order valence-electron chi connectivity index (χ4n) is 2.92. The van der Waals surface area contributed by atoms with Gasteiger partial charge in [-0.25, -0.2) is 5.10 Å². The molecule has 0 saturated heterocycles. The van der Waals surface area contributed by atoms with Crippen molar-refractivity contribution in [3.63, 3.8) is 0 Å². The number of aromatic nitrogens is 3. The number of nitrogens with zero attached hydrogens (tertiary/aromatic N) is 4. The molecule has 0 unspecified atom stereocenters. The van der Waals surface area contributed by atoms with Crippen LogP contribution in [0, 0.1) is 11.7 Å². The van der Waals surface area contributed by atoms with Crippen LogP contribution in [0.4, 0.5) is 5.69 Å². The summed E-state index contributed by atoms with van der Waals surface area (Å²) in [6.07, 6.45) is 1.59. The number of hydrogen-bond acceptors (Lipinski definition) is 5. The molecule has 7 heteroatoms. The van der Waals surface area contributed by atoms with Gasteiger partial charge in [0.05, 0.1) is 6.21 Å². The zero-order chi connectivity index (χ0) is 19.4. The summed E-state index contributed by atoms with van der Waals surface area (Å²) in [5.74, 6) is 0.800. The number of phenols is 1. The second-order valence-corrected chi connectivity index (χ2v) is 6.58. The molecule has 2 aromatic carbocycles. The topological polar surface area (TPSA) is 69.4 Å². The SMILES string of the molecule is CCN(CC)c1ccc(/C=N\n2c(-c3cccc(C)c3)n[nH]c2=S)c(O)c1. The number of H-pyrrole nitrogens is 1. The first-order valence-corrected chi connectivity index (χ1v) is 9.31. The number of benzene rings is 2. The quantitative estimate of drug-likeness (QED) is 0.492. The minimum Gasteiger partial charge on any atom is -0.507 e. The van der Waals surface area contributed by atoms with Crippen molar-refractivity contribution in [3.05, 3.63) is 58.4 Å². The van der Waals surface area contributed by atoms with Crippen molar-refractivity contribution in [2.75, 3.05) is 18.0 Å². The third-order valence-electron chi connectivity index (χ3n) is 4.38. The Balaban J connectivity index is 1.93. The van der Waals surface area contributed by atoms with Crippen molar-refractivity contribution in [3.8, 4) is 17.1 Å². The largest absolute Gasteiger partial charge is 0.507 e. The number of aromatic hydroxyl groups is 1. The van der Waals surface area contributed by atoms with Crippen molar-refractivity contribution < 1.29 is 5.11 Å². The summed E-state index contributed by atoms with van der Waals surface area (Å²) in [5.41, 5.74) is 3.64. The minimum absolute atomic E-state index is 0.176. The lowest BCUT2D eigenvalue weighted by Gasteiger charge is -2.21. The molecule has 0 fully saturated rings. The Morgan fingerprint density at radius 2 is 2.00 bits per heavy atom. The zero-order valence-corrected chi connectivity index (χ0v) is 16.5. The Hall–Kier alpha value is -2.93. The van der Waals surface area contributed by atoms with E-state index in [-0.39, 0.29) is 5.75 Å². The predicted molar refractivity (Wildman–Crippen MR) is 112 cm³/mol. The molecule has 0 spiro atoms. The standard InChI is InChI=1S/C20H23N5OS/c1-4-24(5-2)17-10-9-16(18(26)12-17)13-21-25-19(22-23-20(25)27)15-8-6-7-14(3)11-15/h6-13,26H,4-5H2,1-3H3,(H,23,27)/b21-13-. The fraction of sp³-hybridized carbons (Fsp3) is 0.250. The summed E-state index contributed by atoms with van der Waals surface area (Å²) in [6.45, 7) is 7.96. The predicted octanol–water partition coefficient (Wildman–Crippen LogP) is 4.35. The van der Waals surface area contributed by atoms with E-state index in [4.69, 9.17) is 12.2 Å². The number of rotatable bonds is 6. The number of anilines is 1. The molecule has 1 heterocycles. The lowest BCUT2D eigenvalue weighted by atomic mass is 10.1. The van der Waals surface area contributed by atoms with Crippen LogP contribution >= 0.6 is 12.2 Å². The molecule has 2 N–H and O–H groups in total. The molecule has 0 amide bonds. The Bertz CT molecular complexity index is 1020. The second-order valence-electron chi connectivity index (χ2n) is 6.19. The number of aryl methyl sites for hydroxylation is 1. The van der Waals surface area contributed by atoms with E-state index in [0.717, 1.165) is 29.9 Å². The van der Waals surface area contributed by atoms with E-state index in [1.165, 1.54) is 0 Å². The summed E-state index contributed by atoms with van der Waals surface area (Å²) in [4.78, 5) is 2.17. The fourth-order valence-corrected chi connectivity index (χ4v) is 3.10. The first-order chi connectivity index (χ1) is 13.0. The Morgan fingerprint density at radius 3 is 2.67 bits per heavy atom. The highest BCUT2D eigenvalue weighted by Gasteiger charge is 2.09. The van der Waals surface area contributed by atoms with Gasteiger partial charge in [-0.15, -0.1) is 0 Å². The molecule has 1 aromatic heterocycles. The number of phenolic OH excluding ortho intramolecular Hbond substituents is 1. The van der Waals surface area contributed by atoms with E-state index >= 15 is 0 Å². The number of hydrogen-bond donors (Lipinski definition) is 2. The normalized spacial score (nSPS) is 11.2. The minimum atomic E-state index is 0.176. The molecule has 6 nitrogen and oxygen atoms in total. The second kappa shape index (κ2) is 8.18. The van der Waals surface area contributed by atoms with E-state index in [9.17, 15) is 5.11 Å². The van der Waals surface area contributed by atoms with Gasteiger partial charge < -0.3 is 10.0 Å². The van der Waals surface area contributed by atoms with Crippen LogP contribution in [-0.2, 0) is 0 Å². The molecule has 27 heavy (non-hydrogen) atoms. The molecule has 0 aliphatic rings. The maximum atomic E-state index is 10.4. The average Bonchev–Trinajstić information content (AvgIpc) is 3.03. The van der Waals surface area contributed by atoms with Crippen LogP contribution in [0.2, 0.25) is 0 Å². The molecule has 3 rings (SSSR count). The maximum absolute atomic E-state index is 10.4. The molecule has 0 bridgehead atoms. The van der Waals surface area contributed by atoms with Crippen LogP contribution in [0.1, 0.15) is 25.0 Å².